The van der Waals surface area contributed by atoms with E-state index >= 15 is 0 Å². The normalized spacial score (nSPS) is 11.2. The fraction of sp³-hybridized carbons (Fsp3) is 0.0714. The van der Waals surface area contributed by atoms with E-state index in [0.29, 0.717) is 10.2 Å². The zero-order valence-corrected chi connectivity index (χ0v) is 11.5. The minimum absolute atomic E-state index is 0.269. The molecule has 2 heterocycles. The zero-order valence-electron chi connectivity index (χ0n) is 9.99. The van der Waals surface area contributed by atoms with Gasteiger partial charge >= 0.3 is 0 Å². The number of aromatic nitrogens is 2. The van der Waals surface area contributed by atoms with Crippen molar-refractivity contribution in [3.8, 4) is 11.1 Å². The number of pyridine rings is 1. The van der Waals surface area contributed by atoms with Gasteiger partial charge in [0.15, 0.2) is 0 Å². The minimum atomic E-state index is -0.269. The Labute approximate surface area is 119 Å². The fourth-order valence-electron chi connectivity index (χ4n) is 2.16. The van der Waals surface area contributed by atoms with Crippen LogP contribution in [0.25, 0.3) is 16.6 Å². The van der Waals surface area contributed by atoms with Crippen LogP contribution in [0.4, 0.5) is 4.39 Å². The van der Waals surface area contributed by atoms with Gasteiger partial charge in [0.1, 0.15) is 11.0 Å². The summed E-state index contributed by atoms with van der Waals surface area (Å²) in [4.78, 5) is 0. The summed E-state index contributed by atoms with van der Waals surface area (Å²) >= 11 is 12.1. The predicted molar refractivity (Wildman–Crippen MR) is 75.3 cm³/mol. The molecule has 0 fully saturated rings. The highest BCUT2D eigenvalue weighted by molar-refractivity contribution is 6.34. The first-order valence-electron chi connectivity index (χ1n) is 5.66. The van der Waals surface area contributed by atoms with E-state index in [1.165, 1.54) is 12.1 Å². The molecule has 0 unspecified atom stereocenters. The lowest BCUT2D eigenvalue weighted by Crippen LogP contribution is -1.88. The number of aryl methyl sites for hydroxylation is 1. The van der Waals surface area contributed by atoms with E-state index in [2.05, 4.69) is 5.10 Å². The molecule has 2 aromatic heterocycles. The first-order chi connectivity index (χ1) is 9.06. The fourth-order valence-corrected chi connectivity index (χ4v) is 2.67. The summed E-state index contributed by atoms with van der Waals surface area (Å²) in [6, 6.07) is 9.71. The Morgan fingerprint density at radius 1 is 1.11 bits per heavy atom. The Kier molecular flexibility index (Phi) is 2.96. The molecule has 0 aliphatic heterocycles. The van der Waals surface area contributed by atoms with Gasteiger partial charge in [-0.3, -0.25) is 0 Å². The standard InChI is InChI=1S/C14H9Cl2FN2/c1-8-14(9-2-4-11(17)5-3-9)12-6-10(15)7-13(16)19(12)18-8/h2-7H,1H3. The molecule has 2 nitrogen and oxygen atoms in total. The maximum Gasteiger partial charge on any atom is 0.132 e. The Hall–Kier alpha value is -1.58. The van der Waals surface area contributed by atoms with Crippen molar-refractivity contribution >= 4 is 28.7 Å². The molecule has 0 aliphatic rings. The number of halogens is 3. The molecule has 5 heteroatoms. The lowest BCUT2D eigenvalue weighted by Gasteiger charge is -2.02. The number of benzene rings is 1. The van der Waals surface area contributed by atoms with Crippen molar-refractivity contribution in [2.24, 2.45) is 0 Å². The highest BCUT2D eigenvalue weighted by atomic mass is 35.5. The van der Waals surface area contributed by atoms with Crippen LogP contribution in [0, 0.1) is 12.7 Å². The van der Waals surface area contributed by atoms with Crippen LogP contribution in [0.5, 0.6) is 0 Å². The Bertz CT molecular complexity index is 763. The molecule has 0 saturated carbocycles. The van der Waals surface area contributed by atoms with Crippen LogP contribution in [-0.4, -0.2) is 9.61 Å². The quantitative estimate of drug-likeness (QED) is 0.592. The zero-order chi connectivity index (χ0) is 13.6. The number of nitrogens with zero attached hydrogens (tertiary/aromatic N) is 2. The van der Waals surface area contributed by atoms with Crippen LogP contribution in [0.15, 0.2) is 36.4 Å². The summed E-state index contributed by atoms with van der Waals surface area (Å²) in [5.74, 6) is -0.269. The second-order valence-electron chi connectivity index (χ2n) is 4.26. The van der Waals surface area contributed by atoms with Crippen molar-refractivity contribution < 1.29 is 4.39 Å². The van der Waals surface area contributed by atoms with Gasteiger partial charge in [0, 0.05) is 10.6 Å². The van der Waals surface area contributed by atoms with Crippen LogP contribution in [-0.2, 0) is 0 Å². The van der Waals surface area contributed by atoms with E-state index in [-0.39, 0.29) is 5.82 Å². The van der Waals surface area contributed by atoms with E-state index in [9.17, 15) is 4.39 Å². The van der Waals surface area contributed by atoms with Gasteiger partial charge in [0.05, 0.1) is 11.2 Å². The molecule has 96 valence electrons. The van der Waals surface area contributed by atoms with Gasteiger partial charge in [-0.25, -0.2) is 8.91 Å². The summed E-state index contributed by atoms with van der Waals surface area (Å²) < 4.78 is 14.6. The Balaban J connectivity index is 2.34. The first-order valence-corrected chi connectivity index (χ1v) is 6.42. The number of fused-ring (bicyclic) bond motifs is 1. The summed E-state index contributed by atoms with van der Waals surface area (Å²) in [6.07, 6.45) is 0. The second kappa shape index (κ2) is 4.51. The molecular formula is C14H9Cl2FN2. The molecular weight excluding hydrogens is 286 g/mol. The molecule has 0 radical (unpaired) electrons. The molecule has 0 N–H and O–H groups in total. The highest BCUT2D eigenvalue weighted by Crippen LogP contribution is 2.31. The first kappa shape index (κ1) is 12.5. The molecule has 3 aromatic rings. The summed E-state index contributed by atoms with van der Waals surface area (Å²) in [5, 5.41) is 5.37. The van der Waals surface area contributed by atoms with Crippen molar-refractivity contribution in [2.45, 2.75) is 6.92 Å². The second-order valence-corrected chi connectivity index (χ2v) is 5.08. The summed E-state index contributed by atoms with van der Waals surface area (Å²) in [6.45, 7) is 1.88. The van der Waals surface area contributed by atoms with Crippen LogP contribution < -0.4 is 0 Å². The van der Waals surface area contributed by atoms with Crippen molar-refractivity contribution in [1.82, 2.24) is 9.61 Å². The topological polar surface area (TPSA) is 17.3 Å². The Morgan fingerprint density at radius 3 is 2.47 bits per heavy atom. The van der Waals surface area contributed by atoms with Crippen LogP contribution in [0.2, 0.25) is 10.2 Å². The maximum absolute atomic E-state index is 13.0. The number of rotatable bonds is 1. The molecule has 0 bridgehead atoms. The number of hydrogen-bond donors (Lipinski definition) is 0. The van der Waals surface area contributed by atoms with E-state index in [4.69, 9.17) is 23.2 Å². The molecule has 1 aromatic carbocycles. The monoisotopic (exact) mass is 294 g/mol. The molecule has 19 heavy (non-hydrogen) atoms. The lowest BCUT2D eigenvalue weighted by molar-refractivity contribution is 0.628. The third kappa shape index (κ3) is 2.09. The smallest absolute Gasteiger partial charge is 0.132 e. The van der Waals surface area contributed by atoms with Crippen LogP contribution in [0.1, 0.15) is 5.69 Å². The summed E-state index contributed by atoms with van der Waals surface area (Å²) in [5.41, 5.74) is 3.41. The summed E-state index contributed by atoms with van der Waals surface area (Å²) in [7, 11) is 0. The molecule has 0 aliphatic carbocycles. The third-order valence-electron chi connectivity index (χ3n) is 2.96. The van der Waals surface area contributed by atoms with Gasteiger partial charge in [0.2, 0.25) is 0 Å². The van der Waals surface area contributed by atoms with Gasteiger partial charge in [0.25, 0.3) is 0 Å². The third-order valence-corrected chi connectivity index (χ3v) is 3.45. The van der Waals surface area contributed by atoms with Crippen molar-refractivity contribution in [3.05, 3.63) is 58.1 Å². The van der Waals surface area contributed by atoms with Gasteiger partial charge in [-0.05, 0) is 36.8 Å². The van der Waals surface area contributed by atoms with Crippen molar-refractivity contribution in [1.29, 1.82) is 0 Å². The van der Waals surface area contributed by atoms with Gasteiger partial charge in [-0.1, -0.05) is 35.3 Å². The molecule has 0 amide bonds. The highest BCUT2D eigenvalue weighted by Gasteiger charge is 2.14. The van der Waals surface area contributed by atoms with E-state index in [1.807, 2.05) is 6.92 Å². The van der Waals surface area contributed by atoms with Crippen molar-refractivity contribution in [2.75, 3.05) is 0 Å². The maximum atomic E-state index is 13.0. The molecule has 0 spiro atoms. The Morgan fingerprint density at radius 2 is 1.79 bits per heavy atom. The lowest BCUT2D eigenvalue weighted by atomic mass is 10.0. The van der Waals surface area contributed by atoms with Crippen LogP contribution in [0.3, 0.4) is 0 Å². The van der Waals surface area contributed by atoms with Gasteiger partial charge < -0.3 is 0 Å². The van der Waals surface area contributed by atoms with E-state index < -0.39 is 0 Å². The average Bonchev–Trinajstić information content (AvgIpc) is 2.67. The van der Waals surface area contributed by atoms with E-state index in [1.54, 1.807) is 28.8 Å². The molecule has 0 saturated heterocycles. The van der Waals surface area contributed by atoms with Crippen LogP contribution >= 0.6 is 23.2 Å². The SMILES string of the molecule is Cc1nn2c(Cl)cc(Cl)cc2c1-c1ccc(F)cc1. The molecule has 0 atom stereocenters. The predicted octanol–water partition coefficient (Wildman–Crippen LogP) is 4.76. The van der Waals surface area contributed by atoms with Gasteiger partial charge in [-0.2, -0.15) is 5.10 Å². The molecule has 3 rings (SSSR count). The minimum Gasteiger partial charge on any atom is -0.221 e. The van der Waals surface area contributed by atoms with Gasteiger partial charge in [-0.15, -0.1) is 0 Å². The average molecular weight is 295 g/mol. The van der Waals surface area contributed by atoms with Crippen molar-refractivity contribution in [3.63, 3.8) is 0 Å². The largest absolute Gasteiger partial charge is 0.221 e. The van der Waals surface area contributed by atoms with E-state index in [0.717, 1.165) is 22.3 Å². The number of hydrogen-bond acceptors (Lipinski definition) is 1.